The number of rotatable bonds is 7. The third-order valence-corrected chi connectivity index (χ3v) is 5.55. The Hall–Kier alpha value is -2.58. The van der Waals surface area contributed by atoms with Crippen molar-refractivity contribution in [3.8, 4) is 5.75 Å². The van der Waals surface area contributed by atoms with Gasteiger partial charge in [-0.15, -0.1) is 0 Å². The number of nitrogens with zero attached hydrogens (tertiary/aromatic N) is 1. The third kappa shape index (κ3) is 5.02. The maximum Gasteiger partial charge on any atom is 0.247 e. The molecule has 0 unspecified atom stereocenters. The number of amides is 1. The van der Waals surface area contributed by atoms with E-state index in [4.69, 9.17) is 16.3 Å². The summed E-state index contributed by atoms with van der Waals surface area (Å²) in [4.78, 5) is 24.2. The number of methoxy groups -OCH3 is 1. The third-order valence-electron chi connectivity index (χ3n) is 4.01. The van der Waals surface area contributed by atoms with Gasteiger partial charge in [-0.1, -0.05) is 23.7 Å². The van der Waals surface area contributed by atoms with Gasteiger partial charge in [0.2, 0.25) is 15.9 Å². The largest absolute Gasteiger partial charge is 0.495 e. The number of anilines is 2. The molecule has 0 saturated carbocycles. The number of carbonyl (C=O) groups is 2. The van der Waals surface area contributed by atoms with Crippen molar-refractivity contribution in [3.05, 3.63) is 53.1 Å². The van der Waals surface area contributed by atoms with Gasteiger partial charge in [-0.3, -0.25) is 13.9 Å². The molecule has 1 amide bonds. The normalized spacial score (nSPS) is 12.2. The lowest BCUT2D eigenvalue weighted by molar-refractivity contribution is -0.116. The van der Waals surface area contributed by atoms with E-state index in [9.17, 15) is 18.0 Å². The Kier molecular flexibility index (Phi) is 6.69. The van der Waals surface area contributed by atoms with Gasteiger partial charge < -0.3 is 10.1 Å². The molecular formula is C19H21ClN2O5S. The van der Waals surface area contributed by atoms with E-state index in [1.807, 2.05) is 0 Å². The second-order valence-electron chi connectivity index (χ2n) is 6.18. The van der Waals surface area contributed by atoms with Gasteiger partial charge in [0.1, 0.15) is 11.8 Å². The van der Waals surface area contributed by atoms with Gasteiger partial charge in [0, 0.05) is 11.3 Å². The lowest BCUT2D eigenvalue weighted by Gasteiger charge is -2.28. The number of halogens is 1. The van der Waals surface area contributed by atoms with Crippen LogP contribution in [0.25, 0.3) is 0 Å². The quantitative estimate of drug-likeness (QED) is 0.688. The summed E-state index contributed by atoms with van der Waals surface area (Å²) in [7, 11) is -2.35. The minimum atomic E-state index is -3.79. The minimum absolute atomic E-state index is 0.144. The zero-order chi connectivity index (χ0) is 21.1. The van der Waals surface area contributed by atoms with Crippen LogP contribution >= 0.6 is 11.6 Å². The summed E-state index contributed by atoms with van der Waals surface area (Å²) in [6.07, 6.45) is 1.01. The molecule has 0 radical (unpaired) electrons. The van der Waals surface area contributed by atoms with Crippen molar-refractivity contribution in [2.45, 2.75) is 19.9 Å². The number of sulfonamides is 1. The number of carbonyl (C=O) groups excluding carboxylic acids is 2. The molecule has 2 aromatic carbocycles. The summed E-state index contributed by atoms with van der Waals surface area (Å²) >= 11 is 6.11. The van der Waals surface area contributed by atoms with Crippen LogP contribution < -0.4 is 14.4 Å². The molecule has 0 heterocycles. The van der Waals surface area contributed by atoms with Crippen molar-refractivity contribution in [1.29, 1.82) is 0 Å². The number of benzene rings is 2. The number of hydrogen-bond donors (Lipinski definition) is 1. The maximum atomic E-state index is 12.7. The zero-order valence-electron chi connectivity index (χ0n) is 15.9. The van der Waals surface area contributed by atoms with E-state index in [1.54, 1.807) is 18.2 Å². The molecule has 0 saturated heterocycles. The van der Waals surface area contributed by atoms with E-state index >= 15 is 0 Å². The van der Waals surface area contributed by atoms with Gasteiger partial charge >= 0.3 is 0 Å². The van der Waals surface area contributed by atoms with Gasteiger partial charge in [0.15, 0.2) is 5.78 Å². The molecule has 150 valence electrons. The van der Waals surface area contributed by atoms with Crippen LogP contribution in [-0.4, -0.2) is 39.5 Å². The smallest absolute Gasteiger partial charge is 0.247 e. The number of nitrogens with one attached hydrogen (secondary N) is 1. The van der Waals surface area contributed by atoms with E-state index in [-0.39, 0.29) is 16.5 Å². The average Bonchev–Trinajstić information content (AvgIpc) is 2.61. The molecule has 28 heavy (non-hydrogen) atoms. The number of ketones is 1. The van der Waals surface area contributed by atoms with Crippen LogP contribution in [0.3, 0.4) is 0 Å². The second kappa shape index (κ2) is 8.62. The maximum absolute atomic E-state index is 12.7. The van der Waals surface area contributed by atoms with Crippen molar-refractivity contribution >= 4 is 44.7 Å². The van der Waals surface area contributed by atoms with Crippen LogP contribution in [-0.2, 0) is 14.8 Å². The fourth-order valence-electron chi connectivity index (χ4n) is 2.66. The predicted molar refractivity (Wildman–Crippen MR) is 110 cm³/mol. The summed E-state index contributed by atoms with van der Waals surface area (Å²) in [5, 5.41) is 2.86. The van der Waals surface area contributed by atoms with E-state index in [0.29, 0.717) is 17.0 Å². The molecule has 0 aliphatic carbocycles. The molecule has 0 spiro atoms. The summed E-state index contributed by atoms with van der Waals surface area (Å²) in [5.41, 5.74) is 1.06. The van der Waals surface area contributed by atoms with E-state index < -0.39 is 22.0 Å². The molecule has 2 aromatic rings. The number of hydrogen-bond acceptors (Lipinski definition) is 5. The highest BCUT2D eigenvalue weighted by molar-refractivity contribution is 7.92. The van der Waals surface area contributed by atoms with E-state index in [2.05, 4.69) is 5.32 Å². The van der Waals surface area contributed by atoms with Crippen molar-refractivity contribution in [2.24, 2.45) is 0 Å². The number of ether oxygens (including phenoxy) is 1. The van der Waals surface area contributed by atoms with Gasteiger partial charge in [-0.2, -0.15) is 0 Å². The molecular weight excluding hydrogens is 404 g/mol. The van der Waals surface area contributed by atoms with Crippen LogP contribution in [0.2, 0.25) is 5.02 Å². The lowest BCUT2D eigenvalue weighted by atomic mass is 10.1. The van der Waals surface area contributed by atoms with E-state index in [0.717, 1.165) is 10.6 Å². The highest BCUT2D eigenvalue weighted by Gasteiger charge is 2.29. The van der Waals surface area contributed by atoms with Crippen molar-refractivity contribution in [2.75, 3.05) is 23.0 Å². The van der Waals surface area contributed by atoms with Crippen LogP contribution in [0.4, 0.5) is 11.4 Å². The topological polar surface area (TPSA) is 92.8 Å². The molecule has 1 N–H and O–H groups in total. The molecule has 9 heteroatoms. The molecule has 2 rings (SSSR count). The molecule has 0 aliphatic heterocycles. The molecule has 1 atom stereocenters. The van der Waals surface area contributed by atoms with Crippen molar-refractivity contribution in [1.82, 2.24) is 0 Å². The first-order valence-electron chi connectivity index (χ1n) is 8.29. The van der Waals surface area contributed by atoms with Crippen molar-refractivity contribution < 1.29 is 22.7 Å². The summed E-state index contributed by atoms with van der Waals surface area (Å²) < 4.78 is 30.8. The van der Waals surface area contributed by atoms with Crippen LogP contribution in [0.5, 0.6) is 5.75 Å². The average molecular weight is 425 g/mol. The molecule has 0 fully saturated rings. The van der Waals surface area contributed by atoms with Crippen LogP contribution in [0.15, 0.2) is 42.5 Å². The van der Waals surface area contributed by atoms with Crippen molar-refractivity contribution in [3.63, 3.8) is 0 Å². The Balaban J connectivity index is 2.34. The van der Waals surface area contributed by atoms with Gasteiger partial charge in [0.05, 0.1) is 24.1 Å². The standard InChI is InChI=1S/C19H21ClN2O5S/c1-12(19(24)21-15-7-5-6-14(10-15)13(2)23)22(28(4,25)26)16-8-9-18(27-3)17(20)11-16/h5-12H,1-4H3,(H,21,24)/t12-/m0/s1. The summed E-state index contributed by atoms with van der Waals surface area (Å²) in [6, 6.07) is 9.79. The fraction of sp³-hybridized carbons (Fsp3) is 0.263. The molecule has 0 bridgehead atoms. The minimum Gasteiger partial charge on any atom is -0.495 e. The first-order valence-corrected chi connectivity index (χ1v) is 10.5. The Bertz CT molecular complexity index is 1010. The van der Waals surface area contributed by atoms with Crippen LogP contribution in [0.1, 0.15) is 24.2 Å². The SMILES string of the molecule is COc1ccc(N([C@@H](C)C(=O)Nc2cccc(C(C)=O)c2)S(C)(=O)=O)cc1Cl. The van der Waals surface area contributed by atoms with Crippen LogP contribution in [0, 0.1) is 0 Å². The first kappa shape index (κ1) is 21.7. The Morgan fingerprint density at radius 2 is 1.86 bits per heavy atom. The van der Waals surface area contributed by atoms with Gasteiger partial charge in [0.25, 0.3) is 0 Å². The zero-order valence-corrected chi connectivity index (χ0v) is 17.5. The lowest BCUT2D eigenvalue weighted by Crippen LogP contribution is -2.45. The summed E-state index contributed by atoms with van der Waals surface area (Å²) in [5.74, 6) is -0.315. The Labute approximate surface area is 169 Å². The Morgan fingerprint density at radius 3 is 2.39 bits per heavy atom. The monoisotopic (exact) mass is 424 g/mol. The van der Waals surface area contributed by atoms with Gasteiger partial charge in [-0.25, -0.2) is 8.42 Å². The van der Waals surface area contributed by atoms with Gasteiger partial charge in [-0.05, 0) is 44.2 Å². The highest BCUT2D eigenvalue weighted by atomic mass is 35.5. The molecule has 0 aliphatic rings. The first-order chi connectivity index (χ1) is 13.0. The predicted octanol–water partition coefficient (Wildman–Crippen LogP) is 3.34. The van der Waals surface area contributed by atoms with E-state index in [1.165, 1.54) is 45.2 Å². The fourth-order valence-corrected chi connectivity index (χ4v) is 4.08. The molecule has 0 aromatic heterocycles. The highest BCUT2D eigenvalue weighted by Crippen LogP contribution is 2.31. The second-order valence-corrected chi connectivity index (χ2v) is 8.45. The summed E-state index contributed by atoms with van der Waals surface area (Å²) in [6.45, 7) is 2.88. The number of Topliss-reactive ketones (excluding diaryl/α,β-unsaturated/α-hetero) is 1. The molecule has 7 nitrogen and oxygen atoms in total. The Morgan fingerprint density at radius 1 is 1.18 bits per heavy atom.